The summed E-state index contributed by atoms with van der Waals surface area (Å²) in [6.07, 6.45) is 0. The molecule has 0 aromatic carbocycles. The molecule has 0 amide bonds. The largest absolute Gasteiger partial charge is 0.495 e. The Bertz CT molecular complexity index is 6.00. The van der Waals surface area contributed by atoms with Crippen LogP contribution in [0.2, 0.25) is 0 Å². The third-order valence-electron chi connectivity index (χ3n) is 0. The van der Waals surface area contributed by atoms with Crippen LogP contribution in [0.5, 0.6) is 0 Å². The third-order valence-corrected chi connectivity index (χ3v) is 0. The summed E-state index contributed by atoms with van der Waals surface area (Å²) in [6.45, 7) is 0. The SMILES string of the molecule is Br.[Cl][Al][Cl]. The molecule has 4 heteroatoms. The predicted octanol–water partition coefficient (Wildman–Crippen LogP) is 1.58. The number of hydrogen-bond acceptors (Lipinski definition) is 0. The Kier molecular flexibility index (Phi) is 20.1. The van der Waals surface area contributed by atoms with Crippen LogP contribution in [0.15, 0.2) is 0 Å². The molecule has 0 fully saturated rings. The molecule has 0 aliphatic heterocycles. The molecule has 0 rings (SSSR count). The molecule has 1 radical (unpaired) electrons. The van der Waals surface area contributed by atoms with Crippen molar-refractivity contribution in [2.45, 2.75) is 0 Å². The molecule has 0 atom stereocenters. The van der Waals surface area contributed by atoms with Crippen LogP contribution in [-0.2, 0) is 0 Å². The molecule has 0 bridgehead atoms. The molecule has 0 heterocycles. The zero-order valence-corrected chi connectivity index (χ0v) is 6.12. The van der Waals surface area contributed by atoms with Crippen molar-refractivity contribution in [3.8, 4) is 0 Å². The fourth-order valence-corrected chi connectivity index (χ4v) is 0. The van der Waals surface area contributed by atoms with Crippen molar-refractivity contribution in [3.05, 3.63) is 0 Å². The van der Waals surface area contributed by atoms with E-state index >= 15 is 0 Å². The van der Waals surface area contributed by atoms with Gasteiger partial charge in [-0.3, -0.25) is 0 Å². The lowest BCUT2D eigenvalue weighted by atomic mass is 26.8. The van der Waals surface area contributed by atoms with Gasteiger partial charge in [-0.2, -0.15) is 0 Å². The average Bonchev–Trinajstić information content (AvgIpc) is 0.918. The van der Waals surface area contributed by atoms with E-state index in [1.165, 1.54) is 0 Å². The molecule has 0 unspecified atom stereocenters. The monoisotopic (exact) mass is 177 g/mol. The summed E-state index contributed by atoms with van der Waals surface area (Å²) in [6, 6.07) is 0. The van der Waals surface area contributed by atoms with Crippen molar-refractivity contribution in [1.29, 1.82) is 0 Å². The van der Waals surface area contributed by atoms with Gasteiger partial charge in [-0.15, -0.1) is 17.0 Å². The van der Waals surface area contributed by atoms with E-state index in [-0.39, 0.29) is 30.4 Å². The van der Waals surface area contributed by atoms with Crippen LogP contribution in [0.25, 0.3) is 0 Å². The molecule has 0 aromatic rings. The average molecular weight is 179 g/mol. The van der Waals surface area contributed by atoms with Gasteiger partial charge in [-0.25, -0.2) is 20.1 Å². The number of halogens is 3. The van der Waals surface area contributed by atoms with Gasteiger partial charge in [0, 0.05) is 0 Å². The van der Waals surface area contributed by atoms with Gasteiger partial charge in [-0.05, 0) is 0 Å². The van der Waals surface area contributed by atoms with Crippen molar-refractivity contribution in [3.63, 3.8) is 0 Å². The highest BCUT2D eigenvalue weighted by molar-refractivity contribution is 8.93. The standard InChI is InChI=1S/Al.BrH.2ClH/h;3*1H/q+2;;;/p-2. The smallest absolute Gasteiger partial charge is 0.248 e. The minimum atomic E-state index is -0.306. The van der Waals surface area contributed by atoms with Crippen molar-refractivity contribution in [2.75, 3.05) is 0 Å². The maximum absolute atomic E-state index is 4.85. The maximum atomic E-state index is 4.85. The second-order valence-electron chi connectivity index (χ2n) is 0.0825. The summed E-state index contributed by atoms with van der Waals surface area (Å²) in [5.74, 6) is 0. The molecular formula is HAlBrCl2. The van der Waals surface area contributed by atoms with Crippen molar-refractivity contribution in [2.24, 2.45) is 0 Å². The highest BCUT2D eigenvalue weighted by Gasteiger charge is 1.59. The zero-order chi connectivity index (χ0) is 2.71. The first-order chi connectivity index (χ1) is 1.41. The first-order valence-electron chi connectivity index (χ1n) is 0.436. The highest BCUT2D eigenvalue weighted by Crippen LogP contribution is 1.67. The van der Waals surface area contributed by atoms with E-state index in [0.29, 0.717) is 0 Å². The lowest BCUT2D eigenvalue weighted by Crippen LogP contribution is -1.36. The second kappa shape index (κ2) is 8.82. The molecule has 0 spiro atoms. The Hall–Kier alpha value is 1.59. The van der Waals surface area contributed by atoms with Gasteiger partial charge >= 0.3 is 13.4 Å². The fourth-order valence-electron chi connectivity index (χ4n) is 0. The minimum absolute atomic E-state index is 0. The molecule has 4 heavy (non-hydrogen) atoms. The van der Waals surface area contributed by atoms with Gasteiger partial charge in [0.1, 0.15) is 0 Å². The minimum Gasteiger partial charge on any atom is -0.248 e. The van der Waals surface area contributed by atoms with Crippen molar-refractivity contribution >= 4 is 50.5 Å². The third kappa shape index (κ3) is 9.52. The van der Waals surface area contributed by atoms with Gasteiger partial charge in [0.05, 0.1) is 0 Å². The molecule has 0 saturated carbocycles. The fraction of sp³-hybridized carbons (Fsp3) is 0. The van der Waals surface area contributed by atoms with E-state index in [1.807, 2.05) is 0 Å². The van der Waals surface area contributed by atoms with Crippen molar-refractivity contribution < 1.29 is 0 Å². The van der Waals surface area contributed by atoms with Crippen LogP contribution in [-0.4, -0.2) is 13.4 Å². The number of hydrogen-bond donors (Lipinski definition) is 0. The van der Waals surface area contributed by atoms with Crippen LogP contribution in [0.1, 0.15) is 0 Å². The van der Waals surface area contributed by atoms with E-state index in [2.05, 4.69) is 0 Å². The zero-order valence-electron chi connectivity index (χ0n) is 1.74. The van der Waals surface area contributed by atoms with Gasteiger partial charge in [0.15, 0.2) is 0 Å². The topological polar surface area (TPSA) is 0 Å². The van der Waals surface area contributed by atoms with Crippen LogP contribution in [0, 0.1) is 0 Å². The molecule has 0 saturated heterocycles. The Morgan fingerprint density at radius 3 is 1.25 bits per heavy atom. The molecule has 25 valence electrons. The quantitative estimate of drug-likeness (QED) is 0.495. The Balaban J connectivity index is 0. The molecule has 0 N–H and O–H groups in total. The van der Waals surface area contributed by atoms with Gasteiger partial charge in [-0.1, -0.05) is 0 Å². The summed E-state index contributed by atoms with van der Waals surface area (Å²) in [4.78, 5) is 0. The van der Waals surface area contributed by atoms with E-state index < -0.39 is 0 Å². The maximum Gasteiger partial charge on any atom is 0.495 e. The summed E-state index contributed by atoms with van der Waals surface area (Å²) in [7, 11) is 9.69. The van der Waals surface area contributed by atoms with Gasteiger partial charge in [0.2, 0.25) is 0 Å². The first-order valence-corrected chi connectivity index (χ1v) is 3.93. The summed E-state index contributed by atoms with van der Waals surface area (Å²) in [5, 5.41) is 0. The van der Waals surface area contributed by atoms with Gasteiger partial charge in [0.25, 0.3) is 0 Å². The molecule has 0 aromatic heterocycles. The second-order valence-corrected chi connectivity index (χ2v) is 2.23. The van der Waals surface area contributed by atoms with Crippen LogP contribution in [0.3, 0.4) is 0 Å². The highest BCUT2D eigenvalue weighted by atomic mass is 79.9. The summed E-state index contributed by atoms with van der Waals surface area (Å²) >= 11 is -0.306. The van der Waals surface area contributed by atoms with E-state index in [1.54, 1.807) is 0 Å². The lowest BCUT2D eigenvalue weighted by molar-refractivity contribution is 4.39. The van der Waals surface area contributed by atoms with E-state index in [0.717, 1.165) is 0 Å². The molecular weight excluding hydrogens is 178 g/mol. The summed E-state index contributed by atoms with van der Waals surface area (Å²) < 4.78 is 0. The van der Waals surface area contributed by atoms with Gasteiger partial charge < -0.3 is 0 Å². The molecule has 0 aliphatic rings. The van der Waals surface area contributed by atoms with E-state index in [9.17, 15) is 0 Å². The van der Waals surface area contributed by atoms with Crippen molar-refractivity contribution in [1.82, 2.24) is 0 Å². The normalized spacial score (nSPS) is 3.50. The summed E-state index contributed by atoms with van der Waals surface area (Å²) in [5.41, 5.74) is 0. The van der Waals surface area contributed by atoms with Crippen LogP contribution < -0.4 is 0 Å². The van der Waals surface area contributed by atoms with E-state index in [4.69, 9.17) is 20.1 Å². The van der Waals surface area contributed by atoms with Crippen LogP contribution >= 0.6 is 37.1 Å². The predicted molar refractivity (Wildman–Crippen MR) is 27.8 cm³/mol. The molecule has 0 nitrogen and oxygen atoms in total. The number of rotatable bonds is 0. The Morgan fingerprint density at radius 2 is 1.25 bits per heavy atom. The van der Waals surface area contributed by atoms with Crippen LogP contribution in [0.4, 0.5) is 0 Å². The Labute approximate surface area is 50.4 Å². The lowest BCUT2D eigenvalue weighted by Gasteiger charge is -1.34. The molecule has 0 aliphatic carbocycles. The Morgan fingerprint density at radius 1 is 1.25 bits per heavy atom. The first kappa shape index (κ1) is 9.14.